The lowest BCUT2D eigenvalue weighted by Crippen LogP contribution is -2.53. The Morgan fingerprint density at radius 1 is 1.40 bits per heavy atom. The highest BCUT2D eigenvalue weighted by Gasteiger charge is 2.50. The summed E-state index contributed by atoms with van der Waals surface area (Å²) in [6, 6.07) is 7.24. The highest BCUT2D eigenvalue weighted by Crippen LogP contribution is 2.38. The first-order valence-electron chi connectivity index (χ1n) is 6.96. The van der Waals surface area contributed by atoms with Gasteiger partial charge in [-0.25, -0.2) is 4.79 Å². The summed E-state index contributed by atoms with van der Waals surface area (Å²) in [5.74, 6) is 0.685. The molecule has 1 aromatic rings. The maximum absolute atomic E-state index is 12.0. The van der Waals surface area contributed by atoms with Crippen LogP contribution in [0.25, 0.3) is 0 Å². The van der Waals surface area contributed by atoms with E-state index in [1.54, 1.807) is 12.1 Å². The van der Waals surface area contributed by atoms with E-state index in [9.17, 15) is 9.90 Å². The molecule has 106 valence electrons. The molecule has 1 aliphatic carbocycles. The van der Waals surface area contributed by atoms with Gasteiger partial charge in [0.15, 0.2) is 0 Å². The van der Waals surface area contributed by atoms with Gasteiger partial charge in [-0.3, -0.25) is 0 Å². The van der Waals surface area contributed by atoms with Gasteiger partial charge in [-0.15, -0.1) is 0 Å². The van der Waals surface area contributed by atoms with Crippen molar-refractivity contribution in [3.63, 3.8) is 0 Å². The van der Waals surface area contributed by atoms with Crippen molar-refractivity contribution < 1.29 is 9.90 Å². The van der Waals surface area contributed by atoms with E-state index in [4.69, 9.17) is 5.73 Å². The molecule has 1 fully saturated rings. The van der Waals surface area contributed by atoms with E-state index in [0.29, 0.717) is 11.9 Å². The maximum Gasteiger partial charge on any atom is 0.346 e. The highest BCUT2D eigenvalue weighted by atomic mass is 16.3. The number of phenols is 1. The first kappa shape index (κ1) is 13.0. The molecule has 3 N–H and O–H groups in total. The molecule has 1 atom stereocenters. The summed E-state index contributed by atoms with van der Waals surface area (Å²) in [4.78, 5) is 17.8. The molecule has 0 aromatic heterocycles. The minimum absolute atomic E-state index is 0.196. The Bertz CT molecular complexity index is 563. The third-order valence-electron chi connectivity index (χ3n) is 4.25. The number of hydrogen-bond donors (Lipinski definition) is 2. The molecule has 1 saturated carbocycles. The number of carbonyl (C=O) groups excluding carboxylic acids is 1. The van der Waals surface area contributed by atoms with Gasteiger partial charge in [0, 0.05) is 6.04 Å². The van der Waals surface area contributed by atoms with Crippen molar-refractivity contribution in [3.8, 4) is 5.75 Å². The molecule has 2 aliphatic rings. The van der Waals surface area contributed by atoms with Crippen molar-refractivity contribution in [2.45, 2.75) is 44.2 Å². The van der Waals surface area contributed by atoms with Gasteiger partial charge in [0.1, 0.15) is 11.6 Å². The topological polar surface area (TPSA) is 78.9 Å². The van der Waals surface area contributed by atoms with Gasteiger partial charge < -0.3 is 15.7 Å². The smallest absolute Gasteiger partial charge is 0.346 e. The van der Waals surface area contributed by atoms with Gasteiger partial charge >= 0.3 is 6.03 Å². The number of nitrogens with two attached hydrogens (primary N) is 1. The Hall–Kier alpha value is -2.04. The summed E-state index contributed by atoms with van der Waals surface area (Å²) in [5, 5.41) is 9.29. The van der Waals surface area contributed by atoms with Crippen molar-refractivity contribution in [2.24, 2.45) is 10.7 Å². The average molecular weight is 273 g/mol. The normalized spacial score (nSPS) is 25.9. The van der Waals surface area contributed by atoms with Crippen molar-refractivity contribution in [1.29, 1.82) is 0 Å². The molecule has 0 radical (unpaired) electrons. The number of benzene rings is 1. The quantitative estimate of drug-likeness (QED) is 0.881. The van der Waals surface area contributed by atoms with Crippen LogP contribution in [0.5, 0.6) is 5.75 Å². The SMILES string of the molecule is CC1(CCc2ccc(O)cc2)C(N)=NC(=O)N1C1CC1. The highest BCUT2D eigenvalue weighted by molar-refractivity contribution is 6.05. The molecule has 3 rings (SSSR count). The largest absolute Gasteiger partial charge is 0.508 e. The molecule has 20 heavy (non-hydrogen) atoms. The van der Waals surface area contributed by atoms with Crippen LogP contribution in [0.1, 0.15) is 31.7 Å². The second-order valence-electron chi connectivity index (χ2n) is 5.82. The number of aromatic hydroxyl groups is 1. The molecule has 1 aromatic carbocycles. The molecule has 5 heteroatoms. The number of rotatable bonds is 4. The first-order chi connectivity index (χ1) is 9.50. The molecular weight excluding hydrogens is 254 g/mol. The summed E-state index contributed by atoms with van der Waals surface area (Å²) in [5.41, 5.74) is 6.64. The molecule has 0 saturated heterocycles. The van der Waals surface area contributed by atoms with Crippen LogP contribution in [0.4, 0.5) is 4.79 Å². The minimum atomic E-state index is -0.476. The number of nitrogens with zero attached hydrogens (tertiary/aromatic N) is 2. The lowest BCUT2D eigenvalue weighted by molar-refractivity contribution is 0.168. The third kappa shape index (κ3) is 2.13. The average Bonchev–Trinajstić information content (AvgIpc) is 3.19. The monoisotopic (exact) mass is 273 g/mol. The lowest BCUT2D eigenvalue weighted by atomic mass is 9.91. The van der Waals surface area contributed by atoms with Crippen LogP contribution < -0.4 is 5.73 Å². The predicted molar refractivity (Wildman–Crippen MR) is 76.7 cm³/mol. The summed E-state index contributed by atoms with van der Waals surface area (Å²) in [7, 11) is 0. The summed E-state index contributed by atoms with van der Waals surface area (Å²) in [6.07, 6.45) is 3.63. The fraction of sp³-hybridized carbons (Fsp3) is 0.467. The molecule has 0 spiro atoms. The van der Waals surface area contributed by atoms with E-state index in [0.717, 1.165) is 31.2 Å². The van der Waals surface area contributed by atoms with Gasteiger partial charge in [-0.05, 0) is 50.3 Å². The zero-order valence-corrected chi connectivity index (χ0v) is 11.5. The Balaban J connectivity index is 1.75. The Morgan fingerprint density at radius 3 is 2.65 bits per heavy atom. The number of amidine groups is 1. The standard InChI is InChI=1S/C15H19N3O2/c1-15(9-8-10-2-6-12(19)7-3-10)13(16)17-14(20)18(15)11-4-5-11/h2-3,6-7,11,19H,4-5,8-9H2,1H3,(H2,16,17,20). The Labute approximate surface area is 118 Å². The number of hydrogen-bond acceptors (Lipinski definition) is 3. The fourth-order valence-electron chi connectivity index (χ4n) is 2.80. The van der Waals surface area contributed by atoms with Crippen LogP contribution in [0.3, 0.4) is 0 Å². The number of carbonyl (C=O) groups is 1. The van der Waals surface area contributed by atoms with Crippen LogP contribution in [0.15, 0.2) is 29.3 Å². The lowest BCUT2D eigenvalue weighted by Gasteiger charge is -2.35. The third-order valence-corrected chi connectivity index (χ3v) is 4.25. The number of urea groups is 1. The molecular formula is C15H19N3O2. The van der Waals surface area contributed by atoms with E-state index in [2.05, 4.69) is 4.99 Å². The Kier molecular flexibility index (Phi) is 2.92. The Morgan fingerprint density at radius 2 is 2.05 bits per heavy atom. The molecule has 1 unspecified atom stereocenters. The second-order valence-corrected chi connectivity index (χ2v) is 5.82. The van der Waals surface area contributed by atoms with E-state index in [1.165, 1.54) is 0 Å². The van der Waals surface area contributed by atoms with E-state index in [1.807, 2.05) is 24.0 Å². The van der Waals surface area contributed by atoms with Crippen LogP contribution >= 0.6 is 0 Å². The van der Waals surface area contributed by atoms with Gasteiger partial charge in [0.2, 0.25) is 0 Å². The number of amides is 2. The van der Waals surface area contributed by atoms with Crippen molar-refractivity contribution in [2.75, 3.05) is 0 Å². The van der Waals surface area contributed by atoms with Crippen LogP contribution in [0, 0.1) is 0 Å². The van der Waals surface area contributed by atoms with Crippen molar-refractivity contribution in [3.05, 3.63) is 29.8 Å². The molecule has 1 heterocycles. The summed E-state index contributed by atoms with van der Waals surface area (Å²) in [6.45, 7) is 2.00. The van der Waals surface area contributed by atoms with Crippen LogP contribution in [-0.2, 0) is 6.42 Å². The number of aliphatic imine (C=N–C) groups is 1. The molecule has 5 nitrogen and oxygen atoms in total. The van der Waals surface area contributed by atoms with Crippen LogP contribution in [0.2, 0.25) is 0 Å². The molecule has 2 amide bonds. The van der Waals surface area contributed by atoms with Gasteiger partial charge in [-0.1, -0.05) is 12.1 Å². The van der Waals surface area contributed by atoms with E-state index in [-0.39, 0.29) is 11.8 Å². The zero-order valence-electron chi connectivity index (χ0n) is 11.5. The van der Waals surface area contributed by atoms with Crippen molar-refractivity contribution >= 4 is 11.9 Å². The second kappa shape index (κ2) is 4.51. The van der Waals surface area contributed by atoms with Gasteiger partial charge in [0.05, 0.1) is 5.54 Å². The van der Waals surface area contributed by atoms with Crippen LogP contribution in [-0.4, -0.2) is 33.5 Å². The minimum Gasteiger partial charge on any atom is -0.508 e. The predicted octanol–water partition coefficient (Wildman–Crippen LogP) is 2.04. The first-order valence-corrected chi connectivity index (χ1v) is 6.96. The molecule has 1 aliphatic heterocycles. The fourth-order valence-corrected chi connectivity index (χ4v) is 2.80. The summed E-state index contributed by atoms with van der Waals surface area (Å²) >= 11 is 0. The number of aryl methyl sites for hydroxylation is 1. The summed E-state index contributed by atoms with van der Waals surface area (Å²) < 4.78 is 0. The van der Waals surface area contributed by atoms with E-state index >= 15 is 0 Å². The van der Waals surface area contributed by atoms with Gasteiger partial charge in [-0.2, -0.15) is 4.99 Å². The van der Waals surface area contributed by atoms with Crippen molar-refractivity contribution in [1.82, 2.24) is 4.90 Å². The zero-order chi connectivity index (χ0) is 14.3. The molecule has 0 bridgehead atoms. The number of phenolic OH excluding ortho intramolecular Hbond substituents is 1. The van der Waals surface area contributed by atoms with Gasteiger partial charge in [0.25, 0.3) is 0 Å². The maximum atomic E-state index is 12.0. The van der Waals surface area contributed by atoms with E-state index < -0.39 is 5.54 Å².